The van der Waals surface area contributed by atoms with Crippen LogP contribution < -0.4 is 20.4 Å². The highest BCUT2D eigenvalue weighted by Gasteiger charge is 2.39. The number of nitrogens with zero attached hydrogens (tertiary/aromatic N) is 2. The Balaban J connectivity index is 1.41. The Morgan fingerprint density at radius 1 is 0.976 bits per heavy atom. The number of pyridine rings is 1. The van der Waals surface area contributed by atoms with Gasteiger partial charge in [-0.05, 0) is 30.0 Å². The van der Waals surface area contributed by atoms with Gasteiger partial charge in [0.1, 0.15) is 29.6 Å². The lowest BCUT2D eigenvalue weighted by Gasteiger charge is -2.35. The highest BCUT2D eigenvalue weighted by molar-refractivity contribution is 6.08. The van der Waals surface area contributed by atoms with E-state index in [2.05, 4.69) is 5.32 Å². The Bertz CT molecular complexity index is 1720. The monoisotopic (exact) mass is 559 g/mol. The smallest absolute Gasteiger partial charge is 0.279 e. The van der Waals surface area contributed by atoms with Gasteiger partial charge in [-0.1, -0.05) is 48.5 Å². The standard InChI is InChI=1S/C31H24F3N3O4/c32-20-12-24(33)22(25(34)13-20)14-35-30(39)23-16-36-21-11-10-19-8-4-5-9-26(19)37(15-21)31(40)27(36)29(28(23)38)41-17-18-6-2-1-3-7-18/h1-9,12-13,16,21H,10-11,14-15,17H2,(H,35,39). The summed E-state index contributed by atoms with van der Waals surface area (Å²) in [7, 11) is 0. The number of hydrogen-bond donors (Lipinski definition) is 1. The molecule has 3 heterocycles. The molecule has 1 atom stereocenters. The predicted octanol–water partition coefficient (Wildman–Crippen LogP) is 4.92. The molecule has 2 aliphatic rings. The van der Waals surface area contributed by atoms with Crippen molar-refractivity contribution < 1.29 is 27.5 Å². The Morgan fingerprint density at radius 2 is 1.68 bits per heavy atom. The van der Waals surface area contributed by atoms with Crippen molar-refractivity contribution in [2.24, 2.45) is 0 Å². The van der Waals surface area contributed by atoms with Crippen LogP contribution in [0.1, 0.15) is 50.0 Å². The maximum absolute atomic E-state index is 14.2. The SMILES string of the molecule is O=C(NCc1c(F)cc(F)cc1F)c1cn2c(c(OCc3ccccc3)c1=O)C(=O)N1CC2CCc2ccccc21. The Hall–Kier alpha value is -4.86. The summed E-state index contributed by atoms with van der Waals surface area (Å²) in [5.41, 5.74) is 0.810. The van der Waals surface area contributed by atoms with E-state index in [1.54, 1.807) is 33.7 Å². The number of carbonyl (C=O) groups excluding carboxylic acids is 2. The van der Waals surface area contributed by atoms with Gasteiger partial charge in [-0.2, -0.15) is 0 Å². The average molecular weight is 560 g/mol. The molecule has 2 amide bonds. The van der Waals surface area contributed by atoms with Crippen molar-refractivity contribution in [1.82, 2.24) is 9.88 Å². The lowest BCUT2D eigenvalue weighted by molar-refractivity contribution is 0.0927. The quantitative estimate of drug-likeness (QED) is 0.364. The van der Waals surface area contributed by atoms with Crippen molar-refractivity contribution in [1.29, 1.82) is 0 Å². The Labute approximate surface area is 232 Å². The number of aromatic nitrogens is 1. The number of anilines is 1. The van der Waals surface area contributed by atoms with E-state index in [-0.39, 0.29) is 29.7 Å². The first-order valence-electron chi connectivity index (χ1n) is 13.1. The van der Waals surface area contributed by atoms with Gasteiger partial charge in [0.2, 0.25) is 5.43 Å². The zero-order chi connectivity index (χ0) is 28.7. The first kappa shape index (κ1) is 26.4. The molecule has 1 unspecified atom stereocenters. The van der Waals surface area contributed by atoms with Crippen LogP contribution >= 0.6 is 0 Å². The van der Waals surface area contributed by atoms with Crippen molar-refractivity contribution in [2.45, 2.75) is 32.0 Å². The second kappa shape index (κ2) is 10.6. The molecule has 1 N–H and O–H groups in total. The number of rotatable bonds is 6. The van der Waals surface area contributed by atoms with E-state index < -0.39 is 46.8 Å². The molecule has 10 heteroatoms. The number of aryl methyl sites for hydroxylation is 1. The van der Waals surface area contributed by atoms with Crippen LogP contribution in [0.2, 0.25) is 0 Å². The van der Waals surface area contributed by atoms with E-state index >= 15 is 0 Å². The molecule has 41 heavy (non-hydrogen) atoms. The molecule has 0 saturated carbocycles. The van der Waals surface area contributed by atoms with E-state index in [1.165, 1.54) is 6.20 Å². The van der Waals surface area contributed by atoms with Gasteiger partial charge in [0.25, 0.3) is 11.8 Å². The maximum Gasteiger partial charge on any atom is 0.279 e. The van der Waals surface area contributed by atoms with Crippen molar-refractivity contribution >= 4 is 17.5 Å². The van der Waals surface area contributed by atoms with Crippen LogP contribution in [0.3, 0.4) is 0 Å². The zero-order valence-electron chi connectivity index (χ0n) is 21.7. The molecule has 0 saturated heterocycles. The summed E-state index contributed by atoms with van der Waals surface area (Å²) in [6, 6.07) is 17.4. The fourth-order valence-electron chi connectivity index (χ4n) is 5.39. The minimum absolute atomic E-state index is 0.0330. The molecule has 3 aromatic carbocycles. The number of carbonyl (C=O) groups is 2. The van der Waals surface area contributed by atoms with E-state index in [0.29, 0.717) is 31.5 Å². The third-order valence-electron chi connectivity index (χ3n) is 7.46. The van der Waals surface area contributed by atoms with Gasteiger partial charge in [0.15, 0.2) is 11.4 Å². The van der Waals surface area contributed by atoms with Crippen molar-refractivity contribution in [2.75, 3.05) is 11.4 Å². The fourth-order valence-corrected chi connectivity index (χ4v) is 5.39. The molecule has 4 aromatic rings. The third kappa shape index (κ3) is 4.86. The van der Waals surface area contributed by atoms with Gasteiger partial charge in [0.05, 0.1) is 6.04 Å². The summed E-state index contributed by atoms with van der Waals surface area (Å²) in [5, 5.41) is 2.35. The third-order valence-corrected chi connectivity index (χ3v) is 7.46. The fraction of sp³-hybridized carbons (Fsp3) is 0.194. The van der Waals surface area contributed by atoms with Crippen LogP contribution in [-0.4, -0.2) is 22.9 Å². The van der Waals surface area contributed by atoms with Crippen LogP contribution in [0.25, 0.3) is 0 Å². The predicted molar refractivity (Wildman–Crippen MR) is 144 cm³/mol. The van der Waals surface area contributed by atoms with Crippen LogP contribution in [0.5, 0.6) is 5.75 Å². The van der Waals surface area contributed by atoms with Crippen LogP contribution in [-0.2, 0) is 19.6 Å². The summed E-state index contributed by atoms with van der Waals surface area (Å²) >= 11 is 0. The largest absolute Gasteiger partial charge is 0.483 e. The normalized spacial score (nSPS) is 15.5. The summed E-state index contributed by atoms with van der Waals surface area (Å²) < 4.78 is 49.2. The molecule has 0 fully saturated rings. The van der Waals surface area contributed by atoms with E-state index in [4.69, 9.17) is 4.74 Å². The molecule has 6 rings (SSSR count). The number of nitrogens with one attached hydrogen (secondary N) is 1. The second-order valence-corrected chi connectivity index (χ2v) is 10.00. The number of halogens is 3. The first-order valence-corrected chi connectivity index (χ1v) is 13.1. The summed E-state index contributed by atoms with van der Waals surface area (Å²) in [4.78, 5) is 42.5. The van der Waals surface area contributed by atoms with Gasteiger partial charge in [-0.25, -0.2) is 13.2 Å². The molecule has 1 aromatic heterocycles. The summed E-state index contributed by atoms with van der Waals surface area (Å²) in [5.74, 6) is -5.05. The highest BCUT2D eigenvalue weighted by atomic mass is 19.1. The molecule has 7 nitrogen and oxygen atoms in total. The molecule has 208 valence electrons. The summed E-state index contributed by atoms with van der Waals surface area (Å²) in [6.45, 7) is -0.324. The average Bonchev–Trinajstić information content (AvgIpc) is 3.13. The van der Waals surface area contributed by atoms with Crippen LogP contribution in [0.15, 0.2) is 77.7 Å². The maximum atomic E-state index is 14.2. The minimum atomic E-state index is -1.17. The lowest BCUT2D eigenvalue weighted by atomic mass is 10.0. The van der Waals surface area contributed by atoms with Crippen molar-refractivity contribution in [3.63, 3.8) is 0 Å². The second-order valence-electron chi connectivity index (χ2n) is 10.00. The molecule has 2 aliphatic heterocycles. The molecular formula is C31H24F3N3O4. The first-order chi connectivity index (χ1) is 19.8. The van der Waals surface area contributed by atoms with E-state index in [1.807, 2.05) is 30.3 Å². The zero-order valence-corrected chi connectivity index (χ0v) is 21.7. The van der Waals surface area contributed by atoms with Crippen LogP contribution in [0, 0.1) is 17.5 Å². The number of benzene rings is 3. The van der Waals surface area contributed by atoms with Gasteiger partial charge in [0, 0.05) is 42.7 Å². The van der Waals surface area contributed by atoms with E-state index in [9.17, 15) is 27.6 Å². The number of amides is 2. The van der Waals surface area contributed by atoms with Gasteiger partial charge < -0.3 is 19.5 Å². The Kier molecular flexibility index (Phi) is 6.82. The molecule has 0 radical (unpaired) electrons. The Morgan fingerprint density at radius 3 is 2.44 bits per heavy atom. The lowest BCUT2D eigenvalue weighted by Crippen LogP contribution is -2.45. The molecular weight excluding hydrogens is 535 g/mol. The topological polar surface area (TPSA) is 80.6 Å². The van der Waals surface area contributed by atoms with Gasteiger partial charge in [-0.3, -0.25) is 14.4 Å². The molecule has 2 bridgehead atoms. The highest BCUT2D eigenvalue weighted by Crippen LogP contribution is 2.37. The van der Waals surface area contributed by atoms with Gasteiger partial charge >= 0.3 is 0 Å². The number of para-hydroxylation sites is 1. The minimum Gasteiger partial charge on any atom is -0.483 e. The van der Waals surface area contributed by atoms with Crippen LogP contribution in [0.4, 0.5) is 18.9 Å². The summed E-state index contributed by atoms with van der Waals surface area (Å²) in [6.07, 6.45) is 2.61. The van der Waals surface area contributed by atoms with E-state index in [0.717, 1.165) is 16.8 Å². The van der Waals surface area contributed by atoms with Crippen molar-refractivity contribution in [3.05, 3.63) is 129 Å². The molecule has 0 aliphatic carbocycles. The van der Waals surface area contributed by atoms with Crippen molar-refractivity contribution in [3.8, 4) is 5.75 Å². The van der Waals surface area contributed by atoms with Gasteiger partial charge in [-0.15, -0.1) is 0 Å². The number of ether oxygens (including phenoxy) is 1. The molecule has 0 spiro atoms. The number of hydrogen-bond acceptors (Lipinski definition) is 4. The number of fused-ring (bicyclic) bond motifs is 6.